The van der Waals surface area contributed by atoms with E-state index in [1.807, 2.05) is 18.5 Å². The number of hydrogen-bond acceptors (Lipinski definition) is 3. The van der Waals surface area contributed by atoms with Gasteiger partial charge in [-0.1, -0.05) is 12.8 Å². The molecule has 0 aromatic carbocycles. The average molecular weight is 248 g/mol. The number of aromatic nitrogens is 1. The van der Waals surface area contributed by atoms with Gasteiger partial charge < -0.3 is 10.1 Å². The largest absolute Gasteiger partial charge is 0.492 e. The standard InChI is InChI=1S/C15H24N2O/c1-15(2,3)17-10-13-6-8-16-11-14(13)18-9-7-12-4-5-12/h6,8,11-12,17H,4-5,7,9-10H2,1-3H3. The summed E-state index contributed by atoms with van der Waals surface area (Å²) in [7, 11) is 0. The molecule has 18 heavy (non-hydrogen) atoms. The van der Waals surface area contributed by atoms with Crippen LogP contribution in [0.15, 0.2) is 18.5 Å². The smallest absolute Gasteiger partial charge is 0.142 e. The minimum atomic E-state index is 0.120. The van der Waals surface area contributed by atoms with Crippen molar-refractivity contribution in [2.24, 2.45) is 5.92 Å². The molecule has 0 saturated heterocycles. The van der Waals surface area contributed by atoms with Crippen LogP contribution in [0.4, 0.5) is 0 Å². The maximum absolute atomic E-state index is 5.85. The zero-order chi connectivity index (χ0) is 13.0. The molecule has 0 bridgehead atoms. The van der Waals surface area contributed by atoms with Crippen LogP contribution >= 0.6 is 0 Å². The quantitative estimate of drug-likeness (QED) is 0.839. The fraction of sp³-hybridized carbons (Fsp3) is 0.667. The fourth-order valence-electron chi connectivity index (χ4n) is 1.79. The monoisotopic (exact) mass is 248 g/mol. The average Bonchev–Trinajstić information content (AvgIpc) is 3.11. The van der Waals surface area contributed by atoms with Gasteiger partial charge in [0.2, 0.25) is 0 Å². The summed E-state index contributed by atoms with van der Waals surface area (Å²) in [5.41, 5.74) is 1.31. The number of nitrogens with one attached hydrogen (secondary N) is 1. The van der Waals surface area contributed by atoms with Crippen LogP contribution in [-0.2, 0) is 6.54 Å². The van der Waals surface area contributed by atoms with Crippen molar-refractivity contribution < 1.29 is 4.74 Å². The summed E-state index contributed by atoms with van der Waals surface area (Å²) in [6.07, 6.45) is 7.60. The Morgan fingerprint density at radius 1 is 1.39 bits per heavy atom. The number of hydrogen-bond donors (Lipinski definition) is 1. The summed E-state index contributed by atoms with van der Waals surface area (Å²) in [5, 5.41) is 3.48. The van der Waals surface area contributed by atoms with Crippen molar-refractivity contribution in [3.63, 3.8) is 0 Å². The van der Waals surface area contributed by atoms with Crippen molar-refractivity contribution >= 4 is 0 Å². The van der Waals surface area contributed by atoms with Gasteiger partial charge in [0.05, 0.1) is 12.8 Å². The molecule has 0 spiro atoms. The van der Waals surface area contributed by atoms with Gasteiger partial charge in [-0.3, -0.25) is 4.98 Å². The summed E-state index contributed by atoms with van der Waals surface area (Å²) < 4.78 is 5.85. The van der Waals surface area contributed by atoms with E-state index >= 15 is 0 Å². The summed E-state index contributed by atoms with van der Waals surface area (Å²) >= 11 is 0. The van der Waals surface area contributed by atoms with Crippen LogP contribution in [-0.4, -0.2) is 17.1 Å². The maximum Gasteiger partial charge on any atom is 0.142 e. The molecule has 1 aromatic rings. The van der Waals surface area contributed by atoms with Gasteiger partial charge in [0.1, 0.15) is 5.75 Å². The molecule has 1 saturated carbocycles. The lowest BCUT2D eigenvalue weighted by atomic mass is 10.1. The summed E-state index contributed by atoms with van der Waals surface area (Å²) in [6.45, 7) is 8.15. The van der Waals surface area contributed by atoms with E-state index in [1.54, 1.807) is 0 Å². The first-order valence-electron chi connectivity index (χ1n) is 6.85. The fourth-order valence-corrected chi connectivity index (χ4v) is 1.79. The molecule has 3 heteroatoms. The van der Waals surface area contributed by atoms with Crippen molar-refractivity contribution in [1.29, 1.82) is 0 Å². The second-order valence-corrected chi connectivity index (χ2v) is 6.17. The molecular weight excluding hydrogens is 224 g/mol. The minimum Gasteiger partial charge on any atom is -0.492 e. The Morgan fingerprint density at radius 3 is 2.83 bits per heavy atom. The predicted molar refractivity (Wildman–Crippen MR) is 73.7 cm³/mol. The van der Waals surface area contributed by atoms with Crippen LogP contribution in [0.25, 0.3) is 0 Å². The molecule has 0 atom stereocenters. The van der Waals surface area contributed by atoms with E-state index in [9.17, 15) is 0 Å². The first-order valence-corrected chi connectivity index (χ1v) is 6.85. The highest BCUT2D eigenvalue weighted by atomic mass is 16.5. The molecular formula is C15H24N2O. The van der Waals surface area contributed by atoms with Crippen molar-refractivity contribution in [1.82, 2.24) is 10.3 Å². The van der Waals surface area contributed by atoms with Gasteiger partial charge in [0.25, 0.3) is 0 Å². The molecule has 0 radical (unpaired) electrons. The van der Waals surface area contributed by atoms with Crippen molar-refractivity contribution in [3.05, 3.63) is 24.0 Å². The second kappa shape index (κ2) is 5.70. The first kappa shape index (κ1) is 13.3. The molecule has 1 heterocycles. The maximum atomic E-state index is 5.85. The van der Waals surface area contributed by atoms with Gasteiger partial charge >= 0.3 is 0 Å². The van der Waals surface area contributed by atoms with E-state index in [2.05, 4.69) is 31.1 Å². The topological polar surface area (TPSA) is 34.2 Å². The Bertz CT molecular complexity index is 380. The zero-order valence-electron chi connectivity index (χ0n) is 11.7. The molecule has 1 aliphatic rings. The lowest BCUT2D eigenvalue weighted by Crippen LogP contribution is -2.35. The van der Waals surface area contributed by atoms with Crippen molar-refractivity contribution in [3.8, 4) is 5.75 Å². The lowest BCUT2D eigenvalue weighted by Gasteiger charge is -2.21. The third-order valence-electron chi connectivity index (χ3n) is 3.16. The van der Waals surface area contributed by atoms with Crippen LogP contribution in [0.1, 0.15) is 45.6 Å². The van der Waals surface area contributed by atoms with Crippen LogP contribution in [0, 0.1) is 5.92 Å². The third-order valence-corrected chi connectivity index (χ3v) is 3.16. The second-order valence-electron chi connectivity index (χ2n) is 6.17. The summed E-state index contributed by atoms with van der Waals surface area (Å²) in [6, 6.07) is 2.03. The van der Waals surface area contributed by atoms with Crippen LogP contribution < -0.4 is 10.1 Å². The van der Waals surface area contributed by atoms with E-state index in [1.165, 1.54) is 24.8 Å². The Labute approximate surface area is 110 Å². The zero-order valence-corrected chi connectivity index (χ0v) is 11.7. The van der Waals surface area contributed by atoms with Crippen LogP contribution in [0.2, 0.25) is 0 Å². The Balaban J connectivity index is 1.87. The van der Waals surface area contributed by atoms with E-state index in [-0.39, 0.29) is 5.54 Å². The predicted octanol–water partition coefficient (Wildman–Crippen LogP) is 3.15. The molecule has 0 amide bonds. The number of ether oxygens (including phenoxy) is 1. The SMILES string of the molecule is CC(C)(C)NCc1ccncc1OCCC1CC1. The highest BCUT2D eigenvalue weighted by Crippen LogP contribution is 2.32. The van der Waals surface area contributed by atoms with Gasteiger partial charge in [-0.25, -0.2) is 0 Å². The highest BCUT2D eigenvalue weighted by Gasteiger charge is 2.21. The molecule has 3 nitrogen and oxygen atoms in total. The van der Waals surface area contributed by atoms with Gasteiger partial charge in [-0.05, 0) is 39.2 Å². The normalized spacial score (nSPS) is 15.7. The Morgan fingerprint density at radius 2 is 2.17 bits per heavy atom. The van der Waals surface area contributed by atoms with E-state index in [4.69, 9.17) is 4.74 Å². The van der Waals surface area contributed by atoms with Gasteiger partial charge in [0.15, 0.2) is 0 Å². The molecule has 1 N–H and O–H groups in total. The molecule has 2 rings (SSSR count). The first-order chi connectivity index (χ1) is 8.54. The third kappa shape index (κ3) is 4.65. The summed E-state index contributed by atoms with van der Waals surface area (Å²) in [5.74, 6) is 1.84. The molecule has 0 aliphatic heterocycles. The molecule has 1 aromatic heterocycles. The number of nitrogens with zero attached hydrogens (tertiary/aromatic N) is 1. The van der Waals surface area contributed by atoms with Gasteiger partial charge in [-0.2, -0.15) is 0 Å². The molecule has 1 aliphatic carbocycles. The Hall–Kier alpha value is -1.09. The van der Waals surface area contributed by atoms with E-state index in [0.29, 0.717) is 0 Å². The summed E-state index contributed by atoms with van der Waals surface area (Å²) in [4.78, 5) is 4.15. The lowest BCUT2D eigenvalue weighted by molar-refractivity contribution is 0.296. The number of pyridine rings is 1. The van der Waals surface area contributed by atoms with Gasteiger partial charge in [0, 0.05) is 23.8 Å². The minimum absolute atomic E-state index is 0.120. The molecule has 100 valence electrons. The van der Waals surface area contributed by atoms with E-state index in [0.717, 1.165) is 24.8 Å². The van der Waals surface area contributed by atoms with Crippen molar-refractivity contribution in [2.45, 2.75) is 52.1 Å². The van der Waals surface area contributed by atoms with Gasteiger partial charge in [-0.15, -0.1) is 0 Å². The van der Waals surface area contributed by atoms with E-state index < -0.39 is 0 Å². The van der Waals surface area contributed by atoms with Crippen LogP contribution in [0.5, 0.6) is 5.75 Å². The van der Waals surface area contributed by atoms with Crippen molar-refractivity contribution in [2.75, 3.05) is 6.61 Å². The van der Waals surface area contributed by atoms with Crippen LogP contribution in [0.3, 0.4) is 0 Å². The molecule has 1 fully saturated rings. The molecule has 0 unspecified atom stereocenters. The highest BCUT2D eigenvalue weighted by molar-refractivity contribution is 5.29. The Kier molecular flexibility index (Phi) is 4.23. The number of rotatable bonds is 6.